The number of nitrogens with one attached hydrogen (secondary N) is 1. The largest absolute Gasteiger partial charge is 0.292 e. The summed E-state index contributed by atoms with van der Waals surface area (Å²) >= 11 is 0. The predicted molar refractivity (Wildman–Crippen MR) is 103 cm³/mol. The molecule has 3 aromatic rings. The monoisotopic (exact) mass is 348 g/mol. The summed E-state index contributed by atoms with van der Waals surface area (Å²) < 4.78 is 1.28. The summed E-state index contributed by atoms with van der Waals surface area (Å²) in [5.41, 5.74) is 4.59. The highest BCUT2D eigenvalue weighted by Gasteiger charge is 2.15. The minimum absolute atomic E-state index is 0.181. The Kier molecular flexibility index (Phi) is 5.22. The molecule has 3 rings (SSSR count). The van der Waals surface area contributed by atoms with Gasteiger partial charge in [0.2, 0.25) is 0 Å². The molecule has 1 amide bonds. The lowest BCUT2D eigenvalue weighted by Crippen LogP contribution is -2.28. The van der Waals surface area contributed by atoms with Gasteiger partial charge >= 0.3 is 0 Å². The van der Waals surface area contributed by atoms with Crippen LogP contribution in [0.3, 0.4) is 0 Å². The second-order valence-corrected chi connectivity index (χ2v) is 5.81. The summed E-state index contributed by atoms with van der Waals surface area (Å²) in [6.45, 7) is 4.29. The van der Waals surface area contributed by atoms with Crippen LogP contribution in [0.25, 0.3) is 10.8 Å². The zero-order chi connectivity index (χ0) is 18.5. The molecule has 1 aromatic heterocycles. The first-order chi connectivity index (χ1) is 12.6. The lowest BCUT2D eigenvalue weighted by atomic mass is 10.1. The number of fused-ring (bicyclic) bond motifs is 1. The van der Waals surface area contributed by atoms with Crippen LogP contribution in [-0.4, -0.2) is 21.9 Å². The third kappa shape index (κ3) is 3.54. The van der Waals surface area contributed by atoms with Gasteiger partial charge in [0.15, 0.2) is 5.69 Å². The molecule has 0 spiro atoms. The average Bonchev–Trinajstić information content (AvgIpc) is 2.69. The van der Waals surface area contributed by atoms with E-state index in [-0.39, 0.29) is 11.3 Å². The fraction of sp³-hybridized carbons (Fsp3) is 0.200. The van der Waals surface area contributed by atoms with Gasteiger partial charge in [-0.1, -0.05) is 49.4 Å². The number of hydrazone groups is 1. The number of aromatic nitrogens is 2. The lowest BCUT2D eigenvalue weighted by Gasteiger charge is -2.08. The lowest BCUT2D eigenvalue weighted by molar-refractivity contribution is 0.0949. The van der Waals surface area contributed by atoms with E-state index in [9.17, 15) is 9.59 Å². The molecule has 0 radical (unpaired) electrons. The van der Waals surface area contributed by atoms with Gasteiger partial charge in [-0.15, -0.1) is 0 Å². The fourth-order valence-electron chi connectivity index (χ4n) is 2.67. The minimum Gasteiger partial charge on any atom is -0.267 e. The van der Waals surface area contributed by atoms with Crippen LogP contribution in [0.15, 0.2) is 58.4 Å². The Labute approximate surface area is 151 Å². The maximum atomic E-state index is 12.5. The van der Waals surface area contributed by atoms with Crippen molar-refractivity contribution in [3.8, 4) is 0 Å². The fourth-order valence-corrected chi connectivity index (χ4v) is 2.67. The summed E-state index contributed by atoms with van der Waals surface area (Å²) in [5, 5.41) is 9.17. The van der Waals surface area contributed by atoms with E-state index >= 15 is 0 Å². The Balaban J connectivity index is 1.86. The number of hydrogen-bond donors (Lipinski definition) is 1. The number of aryl methyl sites for hydroxylation is 2. The number of hydrogen-bond acceptors (Lipinski definition) is 4. The van der Waals surface area contributed by atoms with Gasteiger partial charge in [-0.05, 0) is 30.5 Å². The van der Waals surface area contributed by atoms with Crippen molar-refractivity contribution in [1.29, 1.82) is 0 Å². The SMILES string of the molecule is CCc1ccc(/C=N/NC(=O)c2nn(CC)c(=O)c3ccccc23)cc1. The summed E-state index contributed by atoms with van der Waals surface area (Å²) in [6, 6.07) is 14.9. The van der Waals surface area contributed by atoms with Crippen LogP contribution in [0.2, 0.25) is 0 Å². The molecule has 0 unspecified atom stereocenters. The van der Waals surface area contributed by atoms with E-state index in [4.69, 9.17) is 0 Å². The molecule has 26 heavy (non-hydrogen) atoms. The Morgan fingerprint density at radius 2 is 1.81 bits per heavy atom. The van der Waals surface area contributed by atoms with Crippen LogP contribution < -0.4 is 11.0 Å². The summed E-state index contributed by atoms with van der Waals surface area (Å²) in [5.74, 6) is -0.454. The molecule has 0 bridgehead atoms. The standard InChI is InChI=1S/C20H20N4O2/c1-3-14-9-11-15(12-10-14)13-21-22-19(25)18-16-7-5-6-8-17(16)20(26)24(4-2)23-18/h5-13H,3-4H2,1-2H3,(H,22,25)/b21-13+. The first kappa shape index (κ1) is 17.5. The van der Waals surface area contributed by atoms with Crippen molar-refractivity contribution < 1.29 is 4.79 Å². The first-order valence-electron chi connectivity index (χ1n) is 8.56. The molecule has 0 fully saturated rings. The maximum absolute atomic E-state index is 12.5. The van der Waals surface area contributed by atoms with Crippen molar-refractivity contribution in [1.82, 2.24) is 15.2 Å². The quantitative estimate of drug-likeness (QED) is 0.569. The van der Waals surface area contributed by atoms with Crippen LogP contribution in [0.1, 0.15) is 35.5 Å². The van der Waals surface area contributed by atoms with Gasteiger partial charge in [0, 0.05) is 11.9 Å². The number of carbonyl (C=O) groups is 1. The van der Waals surface area contributed by atoms with Crippen LogP contribution >= 0.6 is 0 Å². The van der Waals surface area contributed by atoms with Gasteiger partial charge in [-0.2, -0.15) is 10.2 Å². The molecule has 6 heteroatoms. The number of carbonyl (C=O) groups excluding carboxylic acids is 1. The molecular formula is C20H20N4O2. The molecular weight excluding hydrogens is 328 g/mol. The minimum atomic E-state index is -0.454. The maximum Gasteiger partial charge on any atom is 0.292 e. The topological polar surface area (TPSA) is 76.3 Å². The molecule has 0 aliphatic carbocycles. The van der Waals surface area contributed by atoms with Gasteiger partial charge in [0.1, 0.15) is 0 Å². The first-order valence-corrected chi connectivity index (χ1v) is 8.56. The van der Waals surface area contributed by atoms with Gasteiger partial charge in [-0.25, -0.2) is 10.1 Å². The second kappa shape index (κ2) is 7.74. The van der Waals surface area contributed by atoms with Gasteiger partial charge in [0.05, 0.1) is 11.6 Å². The van der Waals surface area contributed by atoms with Crippen molar-refractivity contribution in [3.05, 3.63) is 75.7 Å². The van der Waals surface area contributed by atoms with Crippen LogP contribution in [0.5, 0.6) is 0 Å². The van der Waals surface area contributed by atoms with E-state index < -0.39 is 5.91 Å². The summed E-state index contributed by atoms with van der Waals surface area (Å²) in [4.78, 5) is 24.9. The molecule has 0 saturated heterocycles. The number of nitrogens with zero attached hydrogens (tertiary/aromatic N) is 3. The van der Waals surface area contributed by atoms with Crippen LogP contribution in [-0.2, 0) is 13.0 Å². The molecule has 132 valence electrons. The van der Waals surface area contributed by atoms with E-state index in [1.807, 2.05) is 31.2 Å². The van der Waals surface area contributed by atoms with Gasteiger partial charge in [0.25, 0.3) is 11.5 Å². The van der Waals surface area contributed by atoms with Crippen molar-refractivity contribution in [2.45, 2.75) is 26.8 Å². The molecule has 0 aliphatic rings. The molecule has 0 atom stereocenters. The Hall–Kier alpha value is -3.28. The third-order valence-electron chi connectivity index (χ3n) is 4.15. The highest BCUT2D eigenvalue weighted by Crippen LogP contribution is 2.13. The van der Waals surface area contributed by atoms with Crippen LogP contribution in [0.4, 0.5) is 0 Å². The summed E-state index contributed by atoms with van der Waals surface area (Å²) in [7, 11) is 0. The van der Waals surface area contributed by atoms with E-state index in [0.717, 1.165) is 12.0 Å². The van der Waals surface area contributed by atoms with Gasteiger partial charge in [-0.3, -0.25) is 9.59 Å². The number of benzene rings is 2. The van der Waals surface area contributed by atoms with E-state index in [2.05, 4.69) is 22.5 Å². The highest BCUT2D eigenvalue weighted by molar-refractivity contribution is 6.04. The van der Waals surface area contributed by atoms with Gasteiger partial charge < -0.3 is 0 Å². The number of amides is 1. The molecule has 1 heterocycles. The molecule has 2 aromatic carbocycles. The van der Waals surface area contributed by atoms with Crippen LogP contribution in [0, 0.1) is 0 Å². The van der Waals surface area contributed by atoms with Crippen molar-refractivity contribution >= 4 is 22.9 Å². The van der Waals surface area contributed by atoms with E-state index in [1.165, 1.54) is 10.2 Å². The Morgan fingerprint density at radius 1 is 1.12 bits per heavy atom. The molecule has 1 N–H and O–H groups in total. The normalized spacial score (nSPS) is 11.2. The second-order valence-electron chi connectivity index (χ2n) is 5.81. The predicted octanol–water partition coefficient (Wildman–Crippen LogP) is 2.74. The number of rotatable bonds is 5. The van der Waals surface area contributed by atoms with E-state index in [0.29, 0.717) is 17.3 Å². The Bertz CT molecular complexity index is 1020. The average molecular weight is 348 g/mol. The highest BCUT2D eigenvalue weighted by atomic mass is 16.2. The van der Waals surface area contributed by atoms with Crippen molar-refractivity contribution in [2.24, 2.45) is 5.10 Å². The molecule has 0 aliphatic heterocycles. The zero-order valence-electron chi connectivity index (χ0n) is 14.8. The van der Waals surface area contributed by atoms with Crippen molar-refractivity contribution in [3.63, 3.8) is 0 Å². The summed E-state index contributed by atoms with van der Waals surface area (Å²) in [6.07, 6.45) is 2.55. The zero-order valence-corrected chi connectivity index (χ0v) is 14.8. The Morgan fingerprint density at radius 3 is 2.46 bits per heavy atom. The molecule has 0 saturated carbocycles. The van der Waals surface area contributed by atoms with E-state index in [1.54, 1.807) is 30.5 Å². The smallest absolute Gasteiger partial charge is 0.267 e. The third-order valence-corrected chi connectivity index (χ3v) is 4.15. The van der Waals surface area contributed by atoms with Crippen molar-refractivity contribution in [2.75, 3.05) is 0 Å². The molecule has 6 nitrogen and oxygen atoms in total.